The Morgan fingerprint density at radius 3 is 2.12 bits per heavy atom. The van der Waals surface area contributed by atoms with E-state index in [1.165, 1.54) is 63.4 Å². The topological polar surface area (TPSA) is 0 Å². The summed E-state index contributed by atoms with van der Waals surface area (Å²) in [6.45, 7) is 28.6. The van der Waals surface area contributed by atoms with Crippen LogP contribution in [0.3, 0.4) is 0 Å². The lowest BCUT2D eigenvalue weighted by Crippen LogP contribution is -2.64. The van der Waals surface area contributed by atoms with E-state index in [0.717, 1.165) is 35.5 Å². The molecule has 0 nitrogen and oxygen atoms in total. The number of hydrogen-bond acceptors (Lipinski definition) is 0. The SMILES string of the molecule is CC(C)=CCCC(C)(C)C1CC[C@]2(C)[C@@H]1C(C)CC1[C@@]3(C)CC[C@H](C)C(C)(C)C3CC[C@]12C. The molecule has 4 saturated carbocycles. The first kappa shape index (κ1) is 25.8. The highest BCUT2D eigenvalue weighted by atomic mass is 14.7. The zero-order valence-corrected chi connectivity index (χ0v) is 24.4. The minimum absolute atomic E-state index is 0.454. The van der Waals surface area contributed by atoms with Crippen LogP contribution < -0.4 is 0 Å². The molecule has 0 bridgehead atoms. The van der Waals surface area contributed by atoms with Crippen molar-refractivity contribution in [1.29, 1.82) is 0 Å². The zero-order valence-electron chi connectivity index (χ0n) is 24.4. The molecule has 0 spiro atoms. The highest BCUT2D eigenvalue weighted by molar-refractivity contribution is 5.18. The molecule has 0 aliphatic heterocycles. The molecule has 33 heavy (non-hydrogen) atoms. The average Bonchev–Trinajstić information content (AvgIpc) is 3.08. The standard InChI is InChI=1S/C33H58/c1-22(2)13-12-17-29(5,6)25-15-19-33(11)28(25)23(3)21-27-31(9)18-14-24(4)30(7,8)26(31)16-20-32(27,33)10/h13,23-28H,12,14-21H2,1-11H3/t23?,24-,25?,26?,27?,28+,31-,32+,33+/m0/s1. The van der Waals surface area contributed by atoms with Crippen molar-refractivity contribution in [3.05, 3.63) is 11.6 Å². The van der Waals surface area contributed by atoms with Crippen LogP contribution in [0.2, 0.25) is 0 Å². The first-order valence-corrected chi connectivity index (χ1v) is 14.7. The van der Waals surface area contributed by atoms with Crippen molar-refractivity contribution in [2.75, 3.05) is 0 Å². The predicted molar refractivity (Wildman–Crippen MR) is 145 cm³/mol. The van der Waals surface area contributed by atoms with Gasteiger partial charge in [-0.2, -0.15) is 0 Å². The minimum Gasteiger partial charge on any atom is -0.0859 e. The Bertz CT molecular complexity index is 765. The molecule has 4 aliphatic rings. The summed E-state index contributed by atoms with van der Waals surface area (Å²) in [6, 6.07) is 0. The molecule has 0 N–H and O–H groups in total. The van der Waals surface area contributed by atoms with Crippen LogP contribution in [0.4, 0.5) is 0 Å². The van der Waals surface area contributed by atoms with Crippen molar-refractivity contribution >= 4 is 0 Å². The largest absolute Gasteiger partial charge is 0.0859 e. The fraction of sp³-hybridized carbons (Fsp3) is 0.939. The number of rotatable bonds is 4. The second kappa shape index (κ2) is 8.13. The fourth-order valence-electron chi connectivity index (χ4n) is 11.2. The van der Waals surface area contributed by atoms with Gasteiger partial charge in [-0.15, -0.1) is 0 Å². The summed E-state index contributed by atoms with van der Waals surface area (Å²) in [7, 11) is 0. The van der Waals surface area contributed by atoms with Gasteiger partial charge in [0.1, 0.15) is 0 Å². The number of allylic oxidation sites excluding steroid dienone is 2. The molecule has 0 aromatic rings. The molecule has 0 saturated heterocycles. The molecule has 0 radical (unpaired) electrons. The molecule has 0 heterocycles. The van der Waals surface area contributed by atoms with E-state index in [1.807, 2.05) is 0 Å². The normalized spacial score (nSPS) is 49.1. The molecule has 4 aliphatic carbocycles. The van der Waals surface area contributed by atoms with E-state index in [0.29, 0.717) is 27.1 Å². The van der Waals surface area contributed by atoms with E-state index in [1.54, 1.807) is 0 Å². The van der Waals surface area contributed by atoms with Crippen LogP contribution in [0, 0.1) is 62.6 Å². The van der Waals surface area contributed by atoms with Crippen LogP contribution in [-0.2, 0) is 0 Å². The maximum Gasteiger partial charge on any atom is -0.0235 e. The maximum absolute atomic E-state index is 2.79. The minimum atomic E-state index is 0.454. The van der Waals surface area contributed by atoms with Crippen LogP contribution in [0.25, 0.3) is 0 Å². The van der Waals surface area contributed by atoms with Crippen molar-refractivity contribution in [2.45, 2.75) is 134 Å². The quantitative estimate of drug-likeness (QED) is 0.370. The second-order valence-corrected chi connectivity index (χ2v) is 15.9. The van der Waals surface area contributed by atoms with Gasteiger partial charge in [0.25, 0.3) is 0 Å². The fourth-order valence-corrected chi connectivity index (χ4v) is 11.2. The molecule has 0 heteroatoms. The summed E-state index contributed by atoms with van der Waals surface area (Å²) >= 11 is 0. The van der Waals surface area contributed by atoms with Crippen LogP contribution >= 0.6 is 0 Å². The number of hydrogen-bond donors (Lipinski definition) is 0. The smallest absolute Gasteiger partial charge is 0.0235 e. The van der Waals surface area contributed by atoms with Crippen molar-refractivity contribution < 1.29 is 0 Å². The van der Waals surface area contributed by atoms with Gasteiger partial charge in [-0.1, -0.05) is 74.0 Å². The van der Waals surface area contributed by atoms with Gasteiger partial charge in [-0.05, 0) is 134 Å². The van der Waals surface area contributed by atoms with Crippen molar-refractivity contribution in [2.24, 2.45) is 62.6 Å². The Labute approximate surface area is 208 Å². The van der Waals surface area contributed by atoms with E-state index in [-0.39, 0.29) is 0 Å². The van der Waals surface area contributed by atoms with E-state index >= 15 is 0 Å². The summed E-state index contributed by atoms with van der Waals surface area (Å²) in [4.78, 5) is 0. The van der Waals surface area contributed by atoms with Crippen molar-refractivity contribution in [3.63, 3.8) is 0 Å². The van der Waals surface area contributed by atoms with Crippen LogP contribution in [-0.4, -0.2) is 0 Å². The molecule has 9 atom stereocenters. The Kier molecular flexibility index (Phi) is 6.36. The molecule has 0 amide bonds. The molecule has 190 valence electrons. The summed E-state index contributed by atoms with van der Waals surface area (Å²) in [5.74, 6) is 5.39. The van der Waals surface area contributed by atoms with E-state index in [9.17, 15) is 0 Å². The van der Waals surface area contributed by atoms with Gasteiger partial charge in [0.2, 0.25) is 0 Å². The second-order valence-electron chi connectivity index (χ2n) is 15.9. The lowest BCUT2D eigenvalue weighted by atomic mass is 9.34. The van der Waals surface area contributed by atoms with Crippen LogP contribution in [0.15, 0.2) is 11.6 Å². The number of fused-ring (bicyclic) bond motifs is 5. The Morgan fingerprint density at radius 1 is 0.848 bits per heavy atom. The third kappa shape index (κ3) is 3.65. The lowest BCUT2D eigenvalue weighted by Gasteiger charge is -2.71. The molecule has 4 fully saturated rings. The molecule has 4 unspecified atom stereocenters. The zero-order chi connectivity index (χ0) is 24.6. The highest BCUT2D eigenvalue weighted by Crippen LogP contribution is 2.77. The monoisotopic (exact) mass is 454 g/mol. The Hall–Kier alpha value is -0.260. The van der Waals surface area contributed by atoms with Gasteiger partial charge in [-0.3, -0.25) is 0 Å². The highest BCUT2D eigenvalue weighted by Gasteiger charge is 2.70. The van der Waals surface area contributed by atoms with Crippen molar-refractivity contribution in [1.82, 2.24) is 0 Å². The average molecular weight is 455 g/mol. The van der Waals surface area contributed by atoms with Gasteiger partial charge < -0.3 is 0 Å². The first-order chi connectivity index (χ1) is 15.1. The van der Waals surface area contributed by atoms with Crippen LogP contribution in [0.5, 0.6) is 0 Å². The summed E-state index contributed by atoms with van der Waals surface area (Å²) in [6.07, 6.45) is 15.4. The van der Waals surface area contributed by atoms with Gasteiger partial charge in [0.15, 0.2) is 0 Å². The van der Waals surface area contributed by atoms with Crippen molar-refractivity contribution in [3.8, 4) is 0 Å². The first-order valence-electron chi connectivity index (χ1n) is 14.7. The maximum atomic E-state index is 2.79. The van der Waals surface area contributed by atoms with E-state index in [4.69, 9.17) is 0 Å². The lowest BCUT2D eigenvalue weighted by molar-refractivity contribution is -0.225. The molecular formula is C33H58. The summed E-state index contributed by atoms with van der Waals surface area (Å²) in [5, 5.41) is 0. The molecule has 0 aromatic heterocycles. The van der Waals surface area contributed by atoms with E-state index < -0.39 is 0 Å². The van der Waals surface area contributed by atoms with E-state index in [2.05, 4.69) is 82.2 Å². The van der Waals surface area contributed by atoms with Gasteiger partial charge >= 0.3 is 0 Å². The Morgan fingerprint density at radius 2 is 1.48 bits per heavy atom. The van der Waals surface area contributed by atoms with Crippen LogP contribution in [0.1, 0.15) is 134 Å². The summed E-state index contributed by atoms with van der Waals surface area (Å²) < 4.78 is 0. The summed E-state index contributed by atoms with van der Waals surface area (Å²) in [5.41, 5.74) is 4.03. The molecule has 4 rings (SSSR count). The Balaban J connectivity index is 1.66. The third-order valence-electron chi connectivity index (χ3n) is 13.6. The van der Waals surface area contributed by atoms with Gasteiger partial charge in [-0.25, -0.2) is 0 Å². The predicted octanol–water partition coefficient (Wildman–Crippen LogP) is 10.3. The molecular weight excluding hydrogens is 396 g/mol. The molecule has 0 aromatic carbocycles. The van der Waals surface area contributed by atoms with Gasteiger partial charge in [0, 0.05) is 0 Å². The third-order valence-corrected chi connectivity index (χ3v) is 13.6. The van der Waals surface area contributed by atoms with Gasteiger partial charge in [0.05, 0.1) is 0 Å².